The van der Waals surface area contributed by atoms with Gasteiger partial charge in [-0.3, -0.25) is 4.68 Å². The van der Waals surface area contributed by atoms with Gasteiger partial charge in [0.15, 0.2) is 0 Å². The molecule has 2 N–H and O–H groups in total. The van der Waals surface area contributed by atoms with Crippen LogP contribution in [0.1, 0.15) is 11.1 Å². The summed E-state index contributed by atoms with van der Waals surface area (Å²) in [4.78, 5) is 0. The van der Waals surface area contributed by atoms with Crippen LogP contribution in [0.4, 0.5) is 8.78 Å². The minimum Gasteiger partial charge on any atom is -0.326 e. The van der Waals surface area contributed by atoms with Gasteiger partial charge in [-0.2, -0.15) is 5.10 Å². The fourth-order valence-corrected chi connectivity index (χ4v) is 1.63. The Balaban J connectivity index is 2.01. The number of nitrogens with zero attached hydrogens (tertiary/aromatic N) is 2. The summed E-state index contributed by atoms with van der Waals surface area (Å²) in [5, 5.41) is 4.10. The van der Waals surface area contributed by atoms with Crippen LogP contribution in [0, 0.1) is 11.6 Å². The average Bonchev–Trinajstić information content (AvgIpc) is 2.73. The molecule has 1 heterocycles. The summed E-state index contributed by atoms with van der Waals surface area (Å²) in [6, 6.07) is 3.52. The van der Waals surface area contributed by atoms with Crippen LogP contribution in [0.5, 0.6) is 0 Å². The molecule has 0 spiro atoms. The van der Waals surface area contributed by atoms with Gasteiger partial charge in [0, 0.05) is 30.9 Å². The molecule has 3 nitrogen and oxygen atoms in total. The maximum atomic E-state index is 12.9. The zero-order valence-electron chi connectivity index (χ0n) is 9.24. The van der Waals surface area contributed by atoms with Crippen LogP contribution in [-0.4, -0.2) is 9.78 Å². The lowest BCUT2D eigenvalue weighted by molar-refractivity contribution is 0.570. The average molecular weight is 237 g/mol. The van der Waals surface area contributed by atoms with Gasteiger partial charge < -0.3 is 5.73 Å². The maximum Gasteiger partial charge on any atom is 0.126 e. The Labute approximate surface area is 97.9 Å². The normalized spacial score (nSPS) is 10.8. The van der Waals surface area contributed by atoms with Gasteiger partial charge in [-0.05, 0) is 24.1 Å². The summed E-state index contributed by atoms with van der Waals surface area (Å²) < 4.78 is 27.6. The number of hydrogen-bond acceptors (Lipinski definition) is 2. The SMILES string of the molecule is NCc1cnn(CCc2cc(F)cc(F)c2)c1. The predicted molar refractivity (Wildman–Crippen MR) is 60.2 cm³/mol. The van der Waals surface area contributed by atoms with Crippen molar-refractivity contribution in [2.45, 2.75) is 19.5 Å². The lowest BCUT2D eigenvalue weighted by Crippen LogP contribution is -2.02. The van der Waals surface area contributed by atoms with E-state index in [0.29, 0.717) is 25.1 Å². The van der Waals surface area contributed by atoms with Crippen LogP contribution in [0.25, 0.3) is 0 Å². The minimum atomic E-state index is -0.553. The molecule has 17 heavy (non-hydrogen) atoms. The number of benzene rings is 1. The fourth-order valence-electron chi connectivity index (χ4n) is 1.63. The van der Waals surface area contributed by atoms with Crippen molar-refractivity contribution in [1.29, 1.82) is 0 Å². The number of aromatic nitrogens is 2. The Kier molecular flexibility index (Phi) is 3.49. The first kappa shape index (κ1) is 11.7. The van der Waals surface area contributed by atoms with Gasteiger partial charge in [-0.25, -0.2) is 8.78 Å². The van der Waals surface area contributed by atoms with Gasteiger partial charge in [0.25, 0.3) is 0 Å². The van der Waals surface area contributed by atoms with E-state index in [1.807, 2.05) is 6.20 Å². The summed E-state index contributed by atoms with van der Waals surface area (Å²) in [7, 11) is 0. The summed E-state index contributed by atoms with van der Waals surface area (Å²) in [6.45, 7) is 1.01. The van der Waals surface area contributed by atoms with Crippen molar-refractivity contribution in [2.75, 3.05) is 0 Å². The number of nitrogens with two attached hydrogens (primary N) is 1. The van der Waals surface area contributed by atoms with Crippen molar-refractivity contribution < 1.29 is 8.78 Å². The molecule has 0 atom stereocenters. The highest BCUT2D eigenvalue weighted by atomic mass is 19.1. The van der Waals surface area contributed by atoms with Crippen molar-refractivity contribution in [3.63, 3.8) is 0 Å². The highest BCUT2D eigenvalue weighted by Crippen LogP contribution is 2.09. The molecule has 90 valence electrons. The summed E-state index contributed by atoms with van der Waals surface area (Å²) >= 11 is 0. The van der Waals surface area contributed by atoms with E-state index in [9.17, 15) is 8.78 Å². The fraction of sp³-hybridized carbons (Fsp3) is 0.250. The number of halogens is 2. The van der Waals surface area contributed by atoms with Crippen LogP contribution < -0.4 is 5.73 Å². The number of hydrogen-bond donors (Lipinski definition) is 1. The molecule has 0 fully saturated rings. The van der Waals surface area contributed by atoms with Crippen LogP contribution in [0.3, 0.4) is 0 Å². The molecule has 0 amide bonds. The molecule has 1 aromatic heterocycles. The summed E-state index contributed by atoms with van der Waals surface area (Å²) in [5.74, 6) is -1.11. The standard InChI is InChI=1S/C12H13F2N3/c13-11-3-9(4-12(14)5-11)1-2-17-8-10(6-15)7-16-17/h3-5,7-8H,1-2,6,15H2. The second-order valence-corrected chi connectivity index (χ2v) is 3.84. The van der Waals surface area contributed by atoms with Gasteiger partial charge in [0.05, 0.1) is 6.20 Å². The number of aryl methyl sites for hydroxylation is 2. The Morgan fingerprint density at radius 1 is 1.12 bits per heavy atom. The molecule has 0 saturated heterocycles. The van der Waals surface area contributed by atoms with Gasteiger partial charge in [-0.1, -0.05) is 0 Å². The van der Waals surface area contributed by atoms with Crippen molar-refractivity contribution in [3.8, 4) is 0 Å². The zero-order chi connectivity index (χ0) is 12.3. The topological polar surface area (TPSA) is 43.8 Å². The predicted octanol–water partition coefficient (Wildman–Crippen LogP) is 1.86. The molecular formula is C12H13F2N3. The van der Waals surface area contributed by atoms with E-state index in [2.05, 4.69) is 5.10 Å². The molecule has 0 aliphatic heterocycles. The zero-order valence-corrected chi connectivity index (χ0v) is 9.24. The largest absolute Gasteiger partial charge is 0.326 e. The summed E-state index contributed by atoms with van der Waals surface area (Å²) in [6.07, 6.45) is 4.04. The Morgan fingerprint density at radius 2 is 1.82 bits per heavy atom. The van der Waals surface area contributed by atoms with Crippen LogP contribution in [0.2, 0.25) is 0 Å². The van der Waals surface area contributed by atoms with E-state index < -0.39 is 11.6 Å². The molecule has 2 rings (SSSR count). The van der Waals surface area contributed by atoms with E-state index in [-0.39, 0.29) is 0 Å². The van der Waals surface area contributed by atoms with Crippen molar-refractivity contribution in [2.24, 2.45) is 5.73 Å². The smallest absolute Gasteiger partial charge is 0.126 e. The third kappa shape index (κ3) is 3.10. The van der Waals surface area contributed by atoms with E-state index in [4.69, 9.17) is 5.73 Å². The molecule has 0 saturated carbocycles. The van der Waals surface area contributed by atoms with E-state index >= 15 is 0 Å². The molecule has 0 radical (unpaired) electrons. The highest BCUT2D eigenvalue weighted by molar-refractivity contribution is 5.18. The Morgan fingerprint density at radius 3 is 2.41 bits per heavy atom. The van der Waals surface area contributed by atoms with Crippen molar-refractivity contribution >= 4 is 0 Å². The first-order valence-electron chi connectivity index (χ1n) is 5.34. The molecule has 0 aliphatic carbocycles. The molecule has 2 aromatic rings. The Bertz CT molecular complexity index is 488. The Hall–Kier alpha value is -1.75. The second-order valence-electron chi connectivity index (χ2n) is 3.84. The van der Waals surface area contributed by atoms with Crippen LogP contribution >= 0.6 is 0 Å². The lowest BCUT2D eigenvalue weighted by atomic mass is 10.1. The highest BCUT2D eigenvalue weighted by Gasteiger charge is 2.02. The molecule has 5 heteroatoms. The van der Waals surface area contributed by atoms with E-state index in [1.165, 1.54) is 12.1 Å². The maximum absolute atomic E-state index is 12.9. The monoisotopic (exact) mass is 237 g/mol. The quantitative estimate of drug-likeness (QED) is 0.882. The third-order valence-corrected chi connectivity index (χ3v) is 2.47. The second kappa shape index (κ2) is 5.05. The van der Waals surface area contributed by atoms with Gasteiger partial charge >= 0.3 is 0 Å². The molecule has 0 aliphatic rings. The molecule has 0 bridgehead atoms. The minimum absolute atomic E-state index is 0.439. The first-order chi connectivity index (χ1) is 8.17. The van der Waals surface area contributed by atoms with Crippen LogP contribution in [0.15, 0.2) is 30.6 Å². The molecular weight excluding hydrogens is 224 g/mol. The van der Waals surface area contributed by atoms with Gasteiger partial charge in [-0.15, -0.1) is 0 Å². The van der Waals surface area contributed by atoms with Gasteiger partial charge in [0.2, 0.25) is 0 Å². The lowest BCUT2D eigenvalue weighted by Gasteiger charge is -2.02. The number of rotatable bonds is 4. The van der Waals surface area contributed by atoms with E-state index in [0.717, 1.165) is 11.6 Å². The van der Waals surface area contributed by atoms with Crippen molar-refractivity contribution in [1.82, 2.24) is 9.78 Å². The molecule has 0 unspecified atom stereocenters. The van der Waals surface area contributed by atoms with E-state index in [1.54, 1.807) is 10.9 Å². The molecule has 1 aromatic carbocycles. The third-order valence-electron chi connectivity index (χ3n) is 2.47. The summed E-state index contributed by atoms with van der Waals surface area (Å²) in [5.41, 5.74) is 7.02. The first-order valence-corrected chi connectivity index (χ1v) is 5.34. The van der Waals surface area contributed by atoms with Gasteiger partial charge in [0.1, 0.15) is 11.6 Å². The van der Waals surface area contributed by atoms with Crippen molar-refractivity contribution in [3.05, 3.63) is 53.4 Å². The van der Waals surface area contributed by atoms with Crippen LogP contribution in [-0.2, 0) is 19.5 Å².